The average Bonchev–Trinajstić information content (AvgIpc) is 2.53. The van der Waals surface area contributed by atoms with Gasteiger partial charge >= 0.3 is 6.09 Å². The number of pyridine rings is 1. The van der Waals surface area contributed by atoms with Gasteiger partial charge in [0.05, 0.1) is 5.56 Å². The summed E-state index contributed by atoms with van der Waals surface area (Å²) in [5.41, 5.74) is 0.0504. The van der Waals surface area contributed by atoms with Crippen LogP contribution in [-0.4, -0.2) is 60.7 Å². The molecule has 24 heavy (non-hydrogen) atoms. The van der Waals surface area contributed by atoms with E-state index < -0.39 is 5.60 Å². The number of nitrogens with zero attached hydrogens (tertiary/aromatic N) is 3. The zero-order chi connectivity index (χ0) is 17.0. The second kappa shape index (κ2) is 8.19. The van der Waals surface area contributed by atoms with Crippen LogP contribution in [0.1, 0.15) is 31.1 Å². The van der Waals surface area contributed by atoms with E-state index in [1.54, 1.807) is 24.2 Å². The molecule has 1 saturated heterocycles. The molecule has 1 fully saturated rings. The van der Waals surface area contributed by atoms with Crippen molar-refractivity contribution in [2.45, 2.75) is 26.4 Å². The third-order valence-corrected chi connectivity index (χ3v) is 3.49. The van der Waals surface area contributed by atoms with Gasteiger partial charge in [-0.1, -0.05) is 0 Å². The second-order valence-corrected chi connectivity index (χ2v) is 6.44. The normalized spacial score (nSPS) is 14.7. The van der Waals surface area contributed by atoms with Crippen LogP contribution in [0, 0.1) is 0 Å². The van der Waals surface area contributed by atoms with Crippen LogP contribution in [0.2, 0.25) is 0 Å². The summed E-state index contributed by atoms with van der Waals surface area (Å²) in [4.78, 5) is 31.7. The lowest BCUT2D eigenvalue weighted by molar-refractivity contribution is 0.0240. The molecule has 0 aliphatic carbocycles. The molecule has 1 aliphatic heterocycles. The van der Waals surface area contributed by atoms with Crippen LogP contribution in [0.4, 0.5) is 10.6 Å². The number of hydrogen-bond acceptors (Lipinski definition) is 5. The van der Waals surface area contributed by atoms with Crippen molar-refractivity contribution in [1.82, 2.24) is 15.2 Å². The third kappa shape index (κ3) is 5.26. The summed E-state index contributed by atoms with van der Waals surface area (Å²) < 4.78 is 5.38. The molecule has 1 N–H and O–H groups in total. The molecule has 7 nitrogen and oxygen atoms in total. The van der Waals surface area contributed by atoms with E-state index in [1.807, 2.05) is 26.8 Å². The molecule has 0 radical (unpaired) electrons. The minimum atomic E-state index is -0.481. The third-order valence-electron chi connectivity index (χ3n) is 3.49. The SMILES string of the molecule is CNC(=O)c1ccc(N2CCN(C(=O)OC(C)(C)C)CC2)nc1.Cl. The van der Waals surface area contributed by atoms with Crippen LogP contribution in [0.25, 0.3) is 0 Å². The van der Waals surface area contributed by atoms with E-state index >= 15 is 0 Å². The van der Waals surface area contributed by atoms with Gasteiger partial charge < -0.3 is 19.9 Å². The van der Waals surface area contributed by atoms with E-state index in [0.717, 1.165) is 5.82 Å². The fourth-order valence-electron chi connectivity index (χ4n) is 2.30. The van der Waals surface area contributed by atoms with Crippen LogP contribution in [0.3, 0.4) is 0 Å². The Hall–Kier alpha value is -2.02. The van der Waals surface area contributed by atoms with Gasteiger partial charge in [-0.2, -0.15) is 0 Å². The van der Waals surface area contributed by atoms with Gasteiger partial charge in [-0.15, -0.1) is 12.4 Å². The number of carbonyl (C=O) groups excluding carboxylic acids is 2. The van der Waals surface area contributed by atoms with Gasteiger partial charge in [0.2, 0.25) is 0 Å². The molecule has 0 spiro atoms. The van der Waals surface area contributed by atoms with E-state index in [9.17, 15) is 9.59 Å². The maximum atomic E-state index is 12.0. The van der Waals surface area contributed by atoms with Crippen molar-refractivity contribution in [3.05, 3.63) is 23.9 Å². The molecular formula is C16H25ClN4O3. The number of piperazine rings is 1. The summed E-state index contributed by atoms with van der Waals surface area (Å²) in [6, 6.07) is 3.58. The molecule has 1 aliphatic rings. The van der Waals surface area contributed by atoms with E-state index in [4.69, 9.17) is 4.74 Å². The smallest absolute Gasteiger partial charge is 0.410 e. The number of halogens is 1. The molecule has 8 heteroatoms. The van der Waals surface area contributed by atoms with E-state index in [-0.39, 0.29) is 24.4 Å². The summed E-state index contributed by atoms with van der Waals surface area (Å²) in [6.45, 7) is 8.13. The topological polar surface area (TPSA) is 74.8 Å². The number of rotatable bonds is 2. The van der Waals surface area contributed by atoms with Crippen molar-refractivity contribution in [3.63, 3.8) is 0 Å². The molecule has 0 saturated carbocycles. The highest BCUT2D eigenvalue weighted by atomic mass is 35.5. The number of hydrogen-bond donors (Lipinski definition) is 1. The maximum Gasteiger partial charge on any atom is 0.410 e. The lowest BCUT2D eigenvalue weighted by Crippen LogP contribution is -2.50. The van der Waals surface area contributed by atoms with Crippen molar-refractivity contribution in [2.24, 2.45) is 0 Å². The van der Waals surface area contributed by atoms with Gasteiger partial charge in [0, 0.05) is 39.4 Å². The predicted octanol–water partition coefficient (Wildman–Crippen LogP) is 1.92. The van der Waals surface area contributed by atoms with Crippen molar-refractivity contribution < 1.29 is 14.3 Å². The molecule has 1 aromatic heterocycles. The lowest BCUT2D eigenvalue weighted by atomic mass is 10.2. The van der Waals surface area contributed by atoms with Gasteiger partial charge in [0.1, 0.15) is 11.4 Å². The summed E-state index contributed by atoms with van der Waals surface area (Å²) in [5, 5.41) is 2.57. The second-order valence-electron chi connectivity index (χ2n) is 6.44. The molecule has 2 heterocycles. The Morgan fingerprint density at radius 3 is 2.25 bits per heavy atom. The van der Waals surface area contributed by atoms with Crippen molar-refractivity contribution in [3.8, 4) is 0 Å². The number of ether oxygens (including phenoxy) is 1. The lowest BCUT2D eigenvalue weighted by Gasteiger charge is -2.36. The molecule has 1 aromatic rings. The fourth-order valence-corrected chi connectivity index (χ4v) is 2.30. The number of amides is 2. The Bertz CT molecular complexity index is 564. The highest BCUT2D eigenvalue weighted by Gasteiger charge is 2.26. The minimum Gasteiger partial charge on any atom is -0.444 e. The standard InChI is InChI=1S/C16H24N4O3.ClH/c1-16(2,3)23-15(22)20-9-7-19(8-10-20)13-6-5-12(11-18-13)14(21)17-4;/h5-6,11H,7-10H2,1-4H3,(H,17,21);1H. The zero-order valence-corrected chi connectivity index (χ0v) is 15.4. The number of nitrogens with one attached hydrogen (secondary N) is 1. The quantitative estimate of drug-likeness (QED) is 0.876. The van der Waals surface area contributed by atoms with Gasteiger partial charge in [-0.3, -0.25) is 4.79 Å². The van der Waals surface area contributed by atoms with Crippen molar-refractivity contribution in [1.29, 1.82) is 0 Å². The Morgan fingerprint density at radius 2 is 1.79 bits per heavy atom. The van der Waals surface area contributed by atoms with Crippen LogP contribution in [0.5, 0.6) is 0 Å². The Morgan fingerprint density at radius 1 is 1.17 bits per heavy atom. The molecule has 0 unspecified atom stereocenters. The van der Waals surface area contributed by atoms with E-state index in [0.29, 0.717) is 31.7 Å². The van der Waals surface area contributed by atoms with Crippen LogP contribution < -0.4 is 10.2 Å². The number of anilines is 1. The van der Waals surface area contributed by atoms with Gasteiger partial charge in [0.25, 0.3) is 5.91 Å². The molecular weight excluding hydrogens is 332 g/mol. The van der Waals surface area contributed by atoms with Crippen LogP contribution >= 0.6 is 12.4 Å². The first-order valence-corrected chi connectivity index (χ1v) is 7.71. The van der Waals surface area contributed by atoms with Gasteiger partial charge in [-0.05, 0) is 32.9 Å². The molecule has 2 amide bonds. The summed E-state index contributed by atoms with van der Waals surface area (Å²) in [6.07, 6.45) is 1.29. The van der Waals surface area contributed by atoms with Crippen LogP contribution in [-0.2, 0) is 4.74 Å². The molecule has 0 atom stereocenters. The van der Waals surface area contributed by atoms with E-state index in [2.05, 4.69) is 15.2 Å². The van der Waals surface area contributed by atoms with Crippen molar-refractivity contribution >= 4 is 30.2 Å². The molecule has 0 bridgehead atoms. The molecule has 2 rings (SSSR count). The number of aromatic nitrogens is 1. The summed E-state index contributed by atoms with van der Waals surface area (Å²) in [7, 11) is 1.59. The first-order chi connectivity index (χ1) is 10.8. The van der Waals surface area contributed by atoms with Crippen molar-refractivity contribution in [2.75, 3.05) is 38.1 Å². The maximum absolute atomic E-state index is 12.0. The first kappa shape index (κ1) is 20.0. The highest BCUT2D eigenvalue weighted by Crippen LogP contribution is 2.16. The van der Waals surface area contributed by atoms with Crippen LogP contribution in [0.15, 0.2) is 18.3 Å². The first-order valence-electron chi connectivity index (χ1n) is 7.71. The molecule has 134 valence electrons. The Balaban J connectivity index is 0.00000288. The fraction of sp³-hybridized carbons (Fsp3) is 0.562. The Kier molecular flexibility index (Phi) is 6.83. The largest absolute Gasteiger partial charge is 0.444 e. The van der Waals surface area contributed by atoms with E-state index in [1.165, 1.54) is 0 Å². The summed E-state index contributed by atoms with van der Waals surface area (Å²) >= 11 is 0. The van der Waals surface area contributed by atoms with Gasteiger partial charge in [-0.25, -0.2) is 9.78 Å². The highest BCUT2D eigenvalue weighted by molar-refractivity contribution is 5.93. The number of carbonyl (C=O) groups is 2. The predicted molar refractivity (Wildman–Crippen MR) is 94.9 cm³/mol. The average molecular weight is 357 g/mol. The monoisotopic (exact) mass is 356 g/mol. The zero-order valence-electron chi connectivity index (χ0n) is 14.5. The summed E-state index contributed by atoms with van der Waals surface area (Å²) in [5.74, 6) is 0.653. The molecule has 0 aromatic carbocycles. The minimum absolute atomic E-state index is 0. The van der Waals surface area contributed by atoms with Gasteiger partial charge in [0.15, 0.2) is 0 Å². The Labute approximate surface area is 148 Å².